The molecule has 0 saturated heterocycles. The van der Waals surface area contributed by atoms with Crippen molar-refractivity contribution in [1.82, 2.24) is 0 Å². The van der Waals surface area contributed by atoms with Crippen molar-refractivity contribution in [1.29, 1.82) is 5.26 Å². The number of ketones is 1. The number of aliphatic hydroxyl groups excluding tert-OH is 1. The second-order valence-corrected chi connectivity index (χ2v) is 15.3. The number of nitriles is 1. The lowest BCUT2D eigenvalue weighted by molar-refractivity contribution is -0.158. The van der Waals surface area contributed by atoms with E-state index in [1.807, 2.05) is 6.92 Å². The van der Waals surface area contributed by atoms with Crippen LogP contribution in [0.2, 0.25) is 0 Å². The van der Waals surface area contributed by atoms with Gasteiger partial charge in [-0.2, -0.15) is 5.26 Å². The first-order chi connectivity index (χ1) is 17.8. The molecule has 1 saturated carbocycles. The monoisotopic (exact) mass is 543 g/mol. The molecule has 39 heavy (non-hydrogen) atoms. The maximum absolute atomic E-state index is 13.1. The van der Waals surface area contributed by atoms with Crippen LogP contribution in [0.1, 0.15) is 133 Å². The number of carbonyl (C=O) groups is 2. The Morgan fingerprint density at radius 1 is 1.08 bits per heavy atom. The molecule has 0 aromatic rings. The molecule has 5 heteroatoms. The standard InChI is InChI=1S/C34H57NO4/c1-12-14-30(4,5)16-18-32(8,29(38)39-11)19-17-31(6,7)34(10)15-13-26-24(3)28(37)25(22-35)21-33(26,9)27(34)20-23(2)36/h24,26-27,37H,12-21H2,1-11H3/t24-,26-,27+,32-,33-,34+/m0/s1. The van der Waals surface area contributed by atoms with Crippen molar-refractivity contribution in [3.8, 4) is 6.07 Å². The first kappa shape index (κ1) is 33.4. The molecule has 0 aromatic heterocycles. The number of Topliss-reactive ketones (excluding diaryl/α,β-unsaturated/α-hetero) is 1. The zero-order valence-electron chi connectivity index (χ0n) is 26.9. The van der Waals surface area contributed by atoms with Crippen LogP contribution in [0.25, 0.3) is 0 Å². The molecule has 0 heterocycles. The van der Waals surface area contributed by atoms with E-state index in [9.17, 15) is 20.0 Å². The highest BCUT2D eigenvalue weighted by molar-refractivity contribution is 5.76. The predicted octanol–water partition coefficient (Wildman–Crippen LogP) is 8.97. The SMILES string of the molecule is CCCC(C)(C)CC[C@@](C)(CCC(C)(C)[C@]1(C)CC[C@H]2[C@H](C)C(O)=C(C#N)C[C@]2(C)[C@H]1CC(C)=O)C(=O)OC. The molecule has 0 aromatic carbocycles. The van der Waals surface area contributed by atoms with Crippen molar-refractivity contribution in [2.75, 3.05) is 7.11 Å². The van der Waals surface area contributed by atoms with Crippen molar-refractivity contribution in [3.63, 3.8) is 0 Å². The average molecular weight is 544 g/mol. The lowest BCUT2D eigenvalue weighted by Gasteiger charge is -2.63. The highest BCUT2D eigenvalue weighted by Crippen LogP contribution is 2.67. The van der Waals surface area contributed by atoms with Gasteiger partial charge in [-0.1, -0.05) is 61.8 Å². The number of methoxy groups -OCH3 is 1. The summed E-state index contributed by atoms with van der Waals surface area (Å²) in [5, 5.41) is 20.6. The zero-order valence-corrected chi connectivity index (χ0v) is 26.9. The molecule has 2 rings (SSSR count). The topological polar surface area (TPSA) is 87.4 Å². The molecule has 0 spiro atoms. The lowest BCUT2D eigenvalue weighted by Crippen LogP contribution is -2.57. The fourth-order valence-electron chi connectivity index (χ4n) is 8.48. The Bertz CT molecular complexity index is 988. The van der Waals surface area contributed by atoms with Crippen molar-refractivity contribution < 1.29 is 19.4 Å². The second kappa shape index (κ2) is 12.0. The van der Waals surface area contributed by atoms with E-state index in [1.54, 1.807) is 6.92 Å². The molecule has 0 aliphatic heterocycles. The molecule has 0 unspecified atom stereocenters. The first-order valence-corrected chi connectivity index (χ1v) is 15.2. The summed E-state index contributed by atoms with van der Waals surface area (Å²) >= 11 is 0. The molecule has 1 N–H and O–H groups in total. The Morgan fingerprint density at radius 2 is 1.67 bits per heavy atom. The third-order valence-corrected chi connectivity index (χ3v) is 11.7. The summed E-state index contributed by atoms with van der Waals surface area (Å²) in [5.74, 6) is 0.490. The van der Waals surface area contributed by atoms with Crippen LogP contribution in [0.3, 0.4) is 0 Å². The molecule has 1 fully saturated rings. The minimum absolute atomic E-state index is 0.0722. The predicted molar refractivity (Wildman–Crippen MR) is 158 cm³/mol. The Kier molecular flexibility index (Phi) is 10.2. The van der Waals surface area contributed by atoms with Crippen LogP contribution in [-0.2, 0) is 14.3 Å². The molecular weight excluding hydrogens is 486 g/mol. The molecule has 222 valence electrons. The number of nitrogens with zero attached hydrogens (tertiary/aromatic N) is 1. The summed E-state index contributed by atoms with van der Waals surface area (Å²) in [4.78, 5) is 25.9. The smallest absolute Gasteiger partial charge is 0.311 e. The Hall–Kier alpha value is -1.83. The van der Waals surface area contributed by atoms with Gasteiger partial charge in [0.25, 0.3) is 0 Å². The third-order valence-electron chi connectivity index (χ3n) is 11.7. The number of allylic oxidation sites excluding steroid dienone is 2. The van der Waals surface area contributed by atoms with Crippen LogP contribution in [-0.4, -0.2) is 24.0 Å². The van der Waals surface area contributed by atoms with Gasteiger partial charge in [-0.05, 0) is 98.7 Å². The Labute approximate surface area is 239 Å². The molecule has 6 atom stereocenters. The van der Waals surface area contributed by atoms with E-state index in [2.05, 4.69) is 61.5 Å². The number of hydrogen-bond acceptors (Lipinski definition) is 5. The van der Waals surface area contributed by atoms with Crippen LogP contribution >= 0.6 is 0 Å². The van der Waals surface area contributed by atoms with E-state index in [0.29, 0.717) is 18.4 Å². The summed E-state index contributed by atoms with van der Waals surface area (Å²) in [6.07, 6.45) is 8.50. The normalized spacial score (nSPS) is 31.2. The van der Waals surface area contributed by atoms with E-state index in [0.717, 1.165) is 51.4 Å². The van der Waals surface area contributed by atoms with Gasteiger partial charge in [-0.3, -0.25) is 4.79 Å². The van der Waals surface area contributed by atoms with E-state index in [1.165, 1.54) is 7.11 Å². The van der Waals surface area contributed by atoms with Crippen LogP contribution in [0, 0.1) is 56.2 Å². The molecule has 5 nitrogen and oxygen atoms in total. The average Bonchev–Trinajstić information content (AvgIpc) is 2.85. The number of esters is 1. The molecule has 0 amide bonds. The highest BCUT2D eigenvalue weighted by atomic mass is 16.5. The summed E-state index contributed by atoms with van der Waals surface area (Å²) in [6, 6.07) is 2.27. The van der Waals surface area contributed by atoms with Gasteiger partial charge in [-0.25, -0.2) is 0 Å². The number of rotatable bonds is 12. The van der Waals surface area contributed by atoms with Crippen molar-refractivity contribution in [2.45, 2.75) is 133 Å². The van der Waals surface area contributed by atoms with Gasteiger partial charge < -0.3 is 14.6 Å². The zero-order chi connectivity index (χ0) is 30.0. The summed E-state index contributed by atoms with van der Waals surface area (Å²) in [6.45, 7) is 21.8. The first-order valence-electron chi connectivity index (χ1n) is 15.2. The van der Waals surface area contributed by atoms with Crippen molar-refractivity contribution in [3.05, 3.63) is 11.3 Å². The molecular formula is C34H57NO4. The van der Waals surface area contributed by atoms with Gasteiger partial charge >= 0.3 is 5.97 Å². The molecule has 0 radical (unpaired) electrons. The number of hydrogen-bond donors (Lipinski definition) is 1. The van der Waals surface area contributed by atoms with E-state index < -0.39 is 5.41 Å². The summed E-state index contributed by atoms with van der Waals surface area (Å²) < 4.78 is 5.34. The molecule has 2 aliphatic rings. The number of aliphatic hydroxyl groups is 1. The van der Waals surface area contributed by atoms with E-state index in [-0.39, 0.29) is 56.9 Å². The number of carbonyl (C=O) groups excluding carboxylic acids is 2. The van der Waals surface area contributed by atoms with Crippen molar-refractivity contribution in [2.24, 2.45) is 44.8 Å². The van der Waals surface area contributed by atoms with Crippen LogP contribution in [0.5, 0.6) is 0 Å². The van der Waals surface area contributed by atoms with Gasteiger partial charge in [-0.15, -0.1) is 0 Å². The van der Waals surface area contributed by atoms with Crippen LogP contribution in [0.15, 0.2) is 11.3 Å². The Morgan fingerprint density at radius 3 is 2.18 bits per heavy atom. The highest BCUT2D eigenvalue weighted by Gasteiger charge is 2.61. The Balaban J connectivity index is 2.44. The van der Waals surface area contributed by atoms with Crippen LogP contribution in [0.4, 0.5) is 0 Å². The lowest BCUT2D eigenvalue weighted by atomic mass is 9.40. The van der Waals surface area contributed by atoms with Crippen molar-refractivity contribution >= 4 is 11.8 Å². The number of fused-ring (bicyclic) bond motifs is 1. The summed E-state index contributed by atoms with van der Waals surface area (Å²) in [5.41, 5.74) is -0.496. The fraction of sp³-hybridized carbons (Fsp3) is 0.853. The quantitative estimate of drug-likeness (QED) is 0.248. The van der Waals surface area contributed by atoms with Gasteiger partial charge in [0.15, 0.2) is 0 Å². The molecule has 0 bridgehead atoms. The van der Waals surface area contributed by atoms with E-state index in [4.69, 9.17) is 4.74 Å². The van der Waals surface area contributed by atoms with Gasteiger partial charge in [0.2, 0.25) is 0 Å². The van der Waals surface area contributed by atoms with Gasteiger partial charge in [0.1, 0.15) is 11.5 Å². The van der Waals surface area contributed by atoms with E-state index >= 15 is 0 Å². The summed E-state index contributed by atoms with van der Waals surface area (Å²) in [7, 11) is 1.50. The van der Waals surface area contributed by atoms with Crippen LogP contribution < -0.4 is 0 Å². The fourth-order valence-corrected chi connectivity index (χ4v) is 8.48. The number of ether oxygens (including phenoxy) is 1. The third kappa shape index (κ3) is 6.57. The van der Waals surface area contributed by atoms with Gasteiger partial charge in [0, 0.05) is 12.3 Å². The minimum Gasteiger partial charge on any atom is -0.511 e. The maximum Gasteiger partial charge on any atom is 0.311 e. The molecule has 2 aliphatic carbocycles. The maximum atomic E-state index is 13.1. The minimum atomic E-state index is -0.563. The largest absolute Gasteiger partial charge is 0.511 e. The van der Waals surface area contributed by atoms with Gasteiger partial charge in [0.05, 0.1) is 24.2 Å². The second-order valence-electron chi connectivity index (χ2n) is 15.3.